The van der Waals surface area contributed by atoms with Crippen LogP contribution in [-0.2, 0) is 0 Å². The molecule has 1 nitrogen and oxygen atoms in total. The molecule has 4 atom stereocenters. The molecule has 2 heteroatoms. The molecular weight excluding hydrogens is 202 g/mol. The fourth-order valence-corrected chi connectivity index (χ4v) is 4.08. The monoisotopic (exact) mass is 227 g/mol. The zero-order chi connectivity index (χ0) is 10.7. The number of rotatable bonds is 2. The van der Waals surface area contributed by atoms with Gasteiger partial charge in [0.15, 0.2) is 0 Å². The molecule has 2 aliphatic rings. The summed E-state index contributed by atoms with van der Waals surface area (Å²) in [6.45, 7) is 4.87. The van der Waals surface area contributed by atoms with Gasteiger partial charge in [0.25, 0.3) is 0 Å². The lowest BCUT2D eigenvalue weighted by molar-refractivity contribution is 0.194. The lowest BCUT2D eigenvalue weighted by atomic mass is 9.78. The molecule has 4 unspecified atom stereocenters. The number of hydrogen-bond donors (Lipinski definition) is 1. The normalized spacial score (nSPS) is 42.8. The van der Waals surface area contributed by atoms with Crippen molar-refractivity contribution in [2.45, 2.75) is 58.0 Å². The van der Waals surface area contributed by atoms with Gasteiger partial charge in [-0.1, -0.05) is 26.7 Å². The van der Waals surface area contributed by atoms with Crippen molar-refractivity contribution >= 4 is 11.8 Å². The molecule has 1 saturated heterocycles. The zero-order valence-corrected chi connectivity index (χ0v) is 11.0. The van der Waals surface area contributed by atoms with Gasteiger partial charge in [0.1, 0.15) is 0 Å². The van der Waals surface area contributed by atoms with E-state index in [4.69, 9.17) is 0 Å². The van der Waals surface area contributed by atoms with Crippen LogP contribution in [0.5, 0.6) is 0 Å². The second kappa shape index (κ2) is 5.58. The third-order valence-electron chi connectivity index (χ3n) is 4.32. The molecule has 0 radical (unpaired) electrons. The Morgan fingerprint density at radius 1 is 1.07 bits per heavy atom. The van der Waals surface area contributed by atoms with Crippen LogP contribution in [0.25, 0.3) is 0 Å². The molecule has 0 spiro atoms. The Kier molecular flexibility index (Phi) is 4.39. The summed E-state index contributed by atoms with van der Waals surface area (Å²) in [6, 6.07) is 1.61. The highest BCUT2D eigenvalue weighted by atomic mass is 32.2. The number of hydrogen-bond acceptors (Lipinski definition) is 2. The van der Waals surface area contributed by atoms with Gasteiger partial charge in [0.05, 0.1) is 0 Å². The van der Waals surface area contributed by atoms with E-state index in [1.165, 1.54) is 43.6 Å². The predicted molar refractivity (Wildman–Crippen MR) is 69.4 cm³/mol. The maximum absolute atomic E-state index is 3.92. The summed E-state index contributed by atoms with van der Waals surface area (Å²) >= 11 is 2.13. The highest BCUT2D eigenvalue weighted by Gasteiger charge is 2.28. The maximum atomic E-state index is 3.92. The van der Waals surface area contributed by atoms with Crippen LogP contribution < -0.4 is 5.32 Å². The van der Waals surface area contributed by atoms with Crippen LogP contribution in [0, 0.1) is 11.8 Å². The van der Waals surface area contributed by atoms with Crippen LogP contribution in [-0.4, -0.2) is 23.6 Å². The molecule has 1 heterocycles. The van der Waals surface area contributed by atoms with Crippen molar-refractivity contribution in [3.05, 3.63) is 0 Å². The van der Waals surface area contributed by atoms with Gasteiger partial charge in [-0.15, -0.1) is 0 Å². The van der Waals surface area contributed by atoms with Gasteiger partial charge in [0, 0.05) is 17.8 Å². The minimum absolute atomic E-state index is 0.803. The Bertz CT molecular complexity index is 189. The van der Waals surface area contributed by atoms with Crippen molar-refractivity contribution in [1.29, 1.82) is 0 Å². The van der Waals surface area contributed by atoms with E-state index in [1.54, 1.807) is 0 Å². The van der Waals surface area contributed by atoms with Crippen molar-refractivity contribution in [3.63, 3.8) is 0 Å². The first-order valence-corrected chi connectivity index (χ1v) is 7.76. The fraction of sp³-hybridized carbons (Fsp3) is 1.00. The molecule has 0 aromatic heterocycles. The molecule has 88 valence electrons. The van der Waals surface area contributed by atoms with Gasteiger partial charge in [0.2, 0.25) is 0 Å². The van der Waals surface area contributed by atoms with Crippen molar-refractivity contribution in [3.8, 4) is 0 Å². The Balaban J connectivity index is 1.81. The summed E-state index contributed by atoms with van der Waals surface area (Å²) in [4.78, 5) is 0. The van der Waals surface area contributed by atoms with E-state index in [0.29, 0.717) is 0 Å². The average Bonchev–Trinajstić information content (AvgIpc) is 2.26. The minimum atomic E-state index is 0.803. The highest BCUT2D eigenvalue weighted by molar-refractivity contribution is 7.99. The van der Waals surface area contributed by atoms with Crippen molar-refractivity contribution in [1.82, 2.24) is 5.32 Å². The van der Waals surface area contributed by atoms with E-state index in [2.05, 4.69) is 30.9 Å². The summed E-state index contributed by atoms with van der Waals surface area (Å²) in [5.74, 6) is 4.53. The molecule has 15 heavy (non-hydrogen) atoms. The molecule has 1 saturated carbocycles. The van der Waals surface area contributed by atoms with E-state index in [-0.39, 0.29) is 0 Å². The van der Waals surface area contributed by atoms with Gasteiger partial charge >= 0.3 is 0 Å². The van der Waals surface area contributed by atoms with Gasteiger partial charge in [-0.2, -0.15) is 11.8 Å². The zero-order valence-electron chi connectivity index (χ0n) is 10.2. The van der Waals surface area contributed by atoms with Gasteiger partial charge in [-0.05, 0) is 36.9 Å². The van der Waals surface area contributed by atoms with E-state index >= 15 is 0 Å². The molecular formula is C13H25NS. The third kappa shape index (κ3) is 3.13. The summed E-state index contributed by atoms with van der Waals surface area (Å²) in [5, 5.41) is 3.92. The third-order valence-corrected chi connectivity index (χ3v) is 5.53. The van der Waals surface area contributed by atoms with Gasteiger partial charge in [-0.25, -0.2) is 0 Å². The maximum Gasteiger partial charge on any atom is 0.0161 e. The number of thioether (sulfide) groups is 1. The molecule has 1 N–H and O–H groups in total. The van der Waals surface area contributed by atoms with E-state index < -0.39 is 0 Å². The standard InChI is InChI=1S/C13H25NS/c1-10-5-3-7-13(11(10)2)14-12-6-4-8-15-9-12/h10-14H,3-9H2,1-2H3. The first-order valence-electron chi connectivity index (χ1n) is 6.61. The van der Waals surface area contributed by atoms with Crippen molar-refractivity contribution in [2.24, 2.45) is 11.8 Å². The van der Waals surface area contributed by atoms with Crippen LogP contribution in [0.2, 0.25) is 0 Å². The number of nitrogens with one attached hydrogen (secondary N) is 1. The largest absolute Gasteiger partial charge is 0.310 e. The molecule has 2 fully saturated rings. The second-order valence-corrected chi connectivity index (χ2v) is 6.60. The Hall–Kier alpha value is 0.310. The fourth-order valence-electron chi connectivity index (χ4n) is 2.99. The SMILES string of the molecule is CC1CCCC(NC2CCCSC2)C1C. The molecule has 1 aliphatic heterocycles. The smallest absolute Gasteiger partial charge is 0.0161 e. The van der Waals surface area contributed by atoms with Crippen LogP contribution in [0.4, 0.5) is 0 Å². The van der Waals surface area contributed by atoms with Crippen molar-refractivity contribution in [2.75, 3.05) is 11.5 Å². The topological polar surface area (TPSA) is 12.0 Å². The quantitative estimate of drug-likeness (QED) is 0.777. The van der Waals surface area contributed by atoms with E-state index in [9.17, 15) is 0 Å². The predicted octanol–water partition coefficient (Wildman–Crippen LogP) is 3.30. The summed E-state index contributed by atoms with van der Waals surface area (Å²) < 4.78 is 0. The minimum Gasteiger partial charge on any atom is -0.310 e. The first-order chi connectivity index (χ1) is 7.27. The van der Waals surface area contributed by atoms with E-state index in [0.717, 1.165) is 23.9 Å². The van der Waals surface area contributed by atoms with Crippen LogP contribution >= 0.6 is 11.8 Å². The summed E-state index contributed by atoms with van der Waals surface area (Å²) in [7, 11) is 0. The molecule has 0 aromatic carbocycles. The summed E-state index contributed by atoms with van der Waals surface area (Å²) in [5.41, 5.74) is 0. The molecule has 0 amide bonds. The van der Waals surface area contributed by atoms with Gasteiger partial charge in [-0.3, -0.25) is 0 Å². The summed E-state index contributed by atoms with van der Waals surface area (Å²) in [6.07, 6.45) is 7.11. The Labute approximate surface area is 98.8 Å². The molecule has 0 aromatic rings. The lowest BCUT2D eigenvalue weighted by Gasteiger charge is -2.38. The lowest BCUT2D eigenvalue weighted by Crippen LogP contribution is -2.47. The van der Waals surface area contributed by atoms with E-state index in [1.807, 2.05) is 0 Å². The van der Waals surface area contributed by atoms with Gasteiger partial charge < -0.3 is 5.32 Å². The molecule has 1 aliphatic carbocycles. The Morgan fingerprint density at radius 2 is 1.93 bits per heavy atom. The highest BCUT2D eigenvalue weighted by Crippen LogP contribution is 2.30. The average molecular weight is 227 g/mol. The molecule has 2 rings (SSSR count). The van der Waals surface area contributed by atoms with Crippen LogP contribution in [0.1, 0.15) is 46.0 Å². The van der Waals surface area contributed by atoms with Crippen molar-refractivity contribution < 1.29 is 0 Å². The van der Waals surface area contributed by atoms with Crippen LogP contribution in [0.15, 0.2) is 0 Å². The molecule has 0 bridgehead atoms. The second-order valence-electron chi connectivity index (χ2n) is 5.45. The van der Waals surface area contributed by atoms with Crippen LogP contribution in [0.3, 0.4) is 0 Å². The first kappa shape index (κ1) is 11.8. The Morgan fingerprint density at radius 3 is 2.67 bits per heavy atom.